The third-order valence-corrected chi connectivity index (χ3v) is 5.06. The van der Waals surface area contributed by atoms with E-state index in [4.69, 9.17) is 0 Å². The molecule has 2 aromatic rings. The van der Waals surface area contributed by atoms with Gasteiger partial charge in [0.15, 0.2) is 0 Å². The standard InChI is InChI=1S/C16H20FN5OS/c1-12(15(23)21-9-4-2-3-5-10-21)24-16-18-19-20-22(16)14-8-6-7-13(17)11-14/h6-8,11-12H,2-5,9-10H2,1H3/t12-/m1/s1. The first-order valence-corrected chi connectivity index (χ1v) is 9.03. The zero-order valence-corrected chi connectivity index (χ0v) is 14.4. The molecular formula is C16H20FN5OS. The molecule has 8 heteroatoms. The van der Waals surface area contributed by atoms with Gasteiger partial charge in [-0.25, -0.2) is 4.39 Å². The van der Waals surface area contributed by atoms with E-state index in [2.05, 4.69) is 15.5 Å². The van der Waals surface area contributed by atoms with E-state index >= 15 is 0 Å². The lowest BCUT2D eigenvalue weighted by molar-refractivity contribution is -0.130. The van der Waals surface area contributed by atoms with Crippen LogP contribution < -0.4 is 0 Å². The molecule has 128 valence electrons. The van der Waals surface area contributed by atoms with E-state index in [1.54, 1.807) is 12.1 Å². The average Bonchev–Trinajstić information content (AvgIpc) is 2.86. The molecule has 1 fully saturated rings. The van der Waals surface area contributed by atoms with Crippen molar-refractivity contribution in [2.75, 3.05) is 13.1 Å². The summed E-state index contributed by atoms with van der Waals surface area (Å²) in [4.78, 5) is 14.6. The van der Waals surface area contributed by atoms with E-state index in [-0.39, 0.29) is 17.0 Å². The number of thioether (sulfide) groups is 1. The van der Waals surface area contributed by atoms with E-state index in [1.165, 1.54) is 41.4 Å². The van der Waals surface area contributed by atoms with Crippen molar-refractivity contribution < 1.29 is 9.18 Å². The highest BCUT2D eigenvalue weighted by Crippen LogP contribution is 2.25. The van der Waals surface area contributed by atoms with Crippen LogP contribution in [0.3, 0.4) is 0 Å². The molecule has 1 aromatic heterocycles. The monoisotopic (exact) mass is 349 g/mol. The smallest absolute Gasteiger partial charge is 0.235 e. The molecule has 0 saturated carbocycles. The van der Waals surface area contributed by atoms with Gasteiger partial charge >= 0.3 is 0 Å². The number of halogens is 1. The van der Waals surface area contributed by atoms with Gasteiger partial charge in [-0.2, -0.15) is 4.68 Å². The molecular weight excluding hydrogens is 329 g/mol. The van der Waals surface area contributed by atoms with Crippen molar-refractivity contribution in [3.63, 3.8) is 0 Å². The van der Waals surface area contributed by atoms with Crippen LogP contribution in [0.25, 0.3) is 5.69 Å². The molecule has 1 saturated heterocycles. The van der Waals surface area contributed by atoms with Crippen LogP contribution in [0.5, 0.6) is 0 Å². The number of rotatable bonds is 4. The minimum absolute atomic E-state index is 0.107. The summed E-state index contributed by atoms with van der Waals surface area (Å²) >= 11 is 1.30. The van der Waals surface area contributed by atoms with Crippen LogP contribution in [0, 0.1) is 5.82 Å². The summed E-state index contributed by atoms with van der Waals surface area (Å²) in [6.45, 7) is 3.50. The van der Waals surface area contributed by atoms with Crippen LogP contribution in [0.15, 0.2) is 29.4 Å². The zero-order valence-electron chi connectivity index (χ0n) is 13.6. The van der Waals surface area contributed by atoms with Crippen molar-refractivity contribution in [3.8, 4) is 5.69 Å². The highest BCUT2D eigenvalue weighted by molar-refractivity contribution is 8.00. The number of tetrazole rings is 1. The fourth-order valence-corrected chi connectivity index (χ4v) is 3.67. The van der Waals surface area contributed by atoms with Gasteiger partial charge in [0.25, 0.3) is 0 Å². The van der Waals surface area contributed by atoms with Crippen LogP contribution in [-0.4, -0.2) is 49.4 Å². The number of benzene rings is 1. The van der Waals surface area contributed by atoms with Crippen molar-refractivity contribution in [1.29, 1.82) is 0 Å². The summed E-state index contributed by atoms with van der Waals surface area (Å²) in [6.07, 6.45) is 4.49. The minimum atomic E-state index is -0.354. The Labute approximate surface area is 144 Å². The number of amides is 1. The molecule has 0 aliphatic carbocycles. The number of likely N-dealkylation sites (tertiary alicyclic amines) is 1. The summed E-state index contributed by atoms with van der Waals surface area (Å²) < 4.78 is 14.9. The Morgan fingerprint density at radius 2 is 2.00 bits per heavy atom. The van der Waals surface area contributed by atoms with Gasteiger partial charge in [-0.1, -0.05) is 30.7 Å². The molecule has 1 aliphatic rings. The highest BCUT2D eigenvalue weighted by Gasteiger charge is 2.24. The predicted octanol–water partition coefficient (Wildman–Crippen LogP) is 2.68. The average molecular weight is 349 g/mol. The van der Waals surface area contributed by atoms with Gasteiger partial charge in [-0.05, 0) is 48.4 Å². The third kappa shape index (κ3) is 3.92. The van der Waals surface area contributed by atoms with E-state index in [0.717, 1.165) is 25.9 Å². The fourth-order valence-electron chi connectivity index (χ4n) is 2.78. The molecule has 0 N–H and O–H groups in total. The Morgan fingerprint density at radius 1 is 1.25 bits per heavy atom. The van der Waals surface area contributed by atoms with Crippen LogP contribution in [0.2, 0.25) is 0 Å². The van der Waals surface area contributed by atoms with Crippen molar-refractivity contribution in [3.05, 3.63) is 30.1 Å². The summed E-state index contributed by atoms with van der Waals surface area (Å²) in [6, 6.07) is 6.06. The zero-order chi connectivity index (χ0) is 16.9. The predicted molar refractivity (Wildman–Crippen MR) is 89.5 cm³/mol. The van der Waals surface area contributed by atoms with Gasteiger partial charge in [0, 0.05) is 13.1 Å². The minimum Gasteiger partial charge on any atom is -0.342 e. The number of carbonyl (C=O) groups is 1. The molecule has 1 amide bonds. The van der Waals surface area contributed by atoms with E-state index in [0.29, 0.717) is 10.8 Å². The van der Waals surface area contributed by atoms with Crippen molar-refractivity contribution >= 4 is 17.7 Å². The Balaban J connectivity index is 1.72. The first kappa shape index (κ1) is 16.9. The van der Waals surface area contributed by atoms with Crippen LogP contribution >= 0.6 is 11.8 Å². The van der Waals surface area contributed by atoms with Gasteiger partial charge < -0.3 is 4.90 Å². The fraction of sp³-hybridized carbons (Fsp3) is 0.500. The normalized spacial score (nSPS) is 16.7. The lowest BCUT2D eigenvalue weighted by atomic mass is 10.2. The van der Waals surface area contributed by atoms with E-state index < -0.39 is 0 Å². The van der Waals surface area contributed by atoms with Crippen molar-refractivity contribution in [2.24, 2.45) is 0 Å². The second-order valence-electron chi connectivity index (χ2n) is 5.85. The van der Waals surface area contributed by atoms with Crippen LogP contribution in [-0.2, 0) is 4.79 Å². The van der Waals surface area contributed by atoms with Crippen LogP contribution in [0.1, 0.15) is 32.6 Å². The number of carbonyl (C=O) groups excluding carboxylic acids is 1. The highest BCUT2D eigenvalue weighted by atomic mass is 32.2. The van der Waals surface area contributed by atoms with Crippen molar-refractivity contribution in [1.82, 2.24) is 25.1 Å². The molecule has 0 spiro atoms. The van der Waals surface area contributed by atoms with Gasteiger partial charge in [0.1, 0.15) is 5.82 Å². The van der Waals surface area contributed by atoms with Gasteiger partial charge in [-0.3, -0.25) is 4.79 Å². The van der Waals surface area contributed by atoms with E-state index in [9.17, 15) is 9.18 Å². The summed E-state index contributed by atoms with van der Waals surface area (Å²) in [5.41, 5.74) is 0.539. The molecule has 0 bridgehead atoms. The largest absolute Gasteiger partial charge is 0.342 e. The van der Waals surface area contributed by atoms with Crippen molar-refractivity contribution in [2.45, 2.75) is 43.0 Å². The topological polar surface area (TPSA) is 63.9 Å². The second-order valence-corrected chi connectivity index (χ2v) is 7.16. The molecule has 1 aromatic carbocycles. The second kappa shape index (κ2) is 7.74. The molecule has 3 rings (SSSR count). The third-order valence-electron chi connectivity index (χ3n) is 4.04. The molecule has 1 atom stereocenters. The summed E-state index contributed by atoms with van der Waals surface area (Å²) in [7, 11) is 0. The Kier molecular flexibility index (Phi) is 5.44. The molecule has 24 heavy (non-hydrogen) atoms. The maximum atomic E-state index is 13.4. The SMILES string of the molecule is C[C@@H](Sc1nnnn1-c1cccc(F)c1)C(=O)N1CCCCCC1. The maximum absolute atomic E-state index is 13.4. The first-order valence-electron chi connectivity index (χ1n) is 8.15. The number of hydrogen-bond acceptors (Lipinski definition) is 5. The Morgan fingerprint density at radius 3 is 2.71 bits per heavy atom. The number of aromatic nitrogens is 4. The quantitative estimate of drug-likeness (QED) is 0.794. The maximum Gasteiger partial charge on any atom is 0.235 e. The Bertz CT molecular complexity index is 699. The first-order chi connectivity index (χ1) is 11.6. The molecule has 0 unspecified atom stereocenters. The summed E-state index contributed by atoms with van der Waals surface area (Å²) in [5.74, 6) is -0.247. The molecule has 2 heterocycles. The lowest BCUT2D eigenvalue weighted by Gasteiger charge is -2.23. The van der Waals surface area contributed by atoms with Crippen LogP contribution in [0.4, 0.5) is 4.39 Å². The number of hydrogen-bond donors (Lipinski definition) is 0. The van der Waals surface area contributed by atoms with Gasteiger partial charge in [-0.15, -0.1) is 5.10 Å². The summed E-state index contributed by atoms with van der Waals surface area (Å²) in [5, 5.41) is 11.7. The van der Waals surface area contributed by atoms with Gasteiger partial charge in [0.05, 0.1) is 10.9 Å². The lowest BCUT2D eigenvalue weighted by Crippen LogP contribution is -2.37. The molecule has 1 aliphatic heterocycles. The Hall–Kier alpha value is -1.96. The van der Waals surface area contributed by atoms with E-state index in [1.807, 2.05) is 11.8 Å². The number of nitrogens with zero attached hydrogens (tertiary/aromatic N) is 5. The molecule has 0 radical (unpaired) electrons. The molecule has 6 nitrogen and oxygen atoms in total. The van der Waals surface area contributed by atoms with Gasteiger partial charge in [0.2, 0.25) is 11.1 Å².